The predicted molar refractivity (Wildman–Crippen MR) is 69.5 cm³/mol. The van der Waals surface area contributed by atoms with Crippen LogP contribution in [0.2, 0.25) is 0 Å². The van der Waals surface area contributed by atoms with E-state index in [1.54, 1.807) is 18.2 Å². The number of ether oxygens (including phenoxy) is 2. The number of hydrogen-bond donors (Lipinski definition) is 3. The number of thioether (sulfide) groups is 1. The van der Waals surface area contributed by atoms with E-state index >= 15 is 0 Å². The van der Waals surface area contributed by atoms with Gasteiger partial charge in [-0.1, -0.05) is 11.8 Å². The summed E-state index contributed by atoms with van der Waals surface area (Å²) in [7, 11) is 0. The molecule has 96 valence electrons. The van der Waals surface area contributed by atoms with Crippen LogP contribution in [0.1, 0.15) is 0 Å². The molecule has 18 heavy (non-hydrogen) atoms. The van der Waals surface area contributed by atoms with Crippen molar-refractivity contribution in [3.05, 3.63) is 18.2 Å². The highest BCUT2D eigenvalue weighted by Gasteiger charge is 2.14. The Labute approximate surface area is 107 Å². The van der Waals surface area contributed by atoms with E-state index in [1.807, 2.05) is 0 Å². The summed E-state index contributed by atoms with van der Waals surface area (Å²) in [6.07, 6.45) is 0. The lowest BCUT2D eigenvalue weighted by Gasteiger charge is -2.05. The van der Waals surface area contributed by atoms with Gasteiger partial charge < -0.3 is 26.4 Å². The Morgan fingerprint density at radius 2 is 2.22 bits per heavy atom. The van der Waals surface area contributed by atoms with Crippen LogP contribution in [0.4, 0.5) is 5.69 Å². The lowest BCUT2D eigenvalue weighted by molar-refractivity contribution is -0.113. The average Bonchev–Trinajstić information content (AvgIpc) is 2.83. The van der Waals surface area contributed by atoms with Gasteiger partial charge in [0.1, 0.15) is 0 Å². The molecule has 0 atom stereocenters. The van der Waals surface area contributed by atoms with Crippen molar-refractivity contribution >= 4 is 28.5 Å². The van der Waals surface area contributed by atoms with Gasteiger partial charge in [-0.05, 0) is 12.1 Å². The van der Waals surface area contributed by atoms with Gasteiger partial charge in [-0.3, -0.25) is 4.79 Å². The Balaban J connectivity index is 1.91. The molecule has 0 spiro atoms. The fourth-order valence-electron chi connectivity index (χ4n) is 1.35. The van der Waals surface area contributed by atoms with Crippen molar-refractivity contribution in [2.75, 3.05) is 17.9 Å². The van der Waals surface area contributed by atoms with Crippen molar-refractivity contribution < 1.29 is 14.3 Å². The van der Waals surface area contributed by atoms with E-state index in [9.17, 15) is 4.79 Å². The SMILES string of the molecule is NN=C(N)SCC(=O)Nc1ccc2c(c1)OCO2. The van der Waals surface area contributed by atoms with Gasteiger partial charge in [0.25, 0.3) is 0 Å². The highest BCUT2D eigenvalue weighted by atomic mass is 32.2. The molecule has 0 unspecified atom stereocenters. The molecule has 1 aromatic rings. The van der Waals surface area contributed by atoms with E-state index < -0.39 is 0 Å². The molecule has 0 aliphatic carbocycles. The number of carbonyl (C=O) groups excluding carboxylic acids is 1. The van der Waals surface area contributed by atoms with E-state index in [4.69, 9.17) is 21.1 Å². The zero-order valence-electron chi connectivity index (χ0n) is 9.38. The quantitative estimate of drug-likeness (QED) is 0.314. The lowest BCUT2D eigenvalue weighted by atomic mass is 10.3. The van der Waals surface area contributed by atoms with Gasteiger partial charge in [0.2, 0.25) is 12.7 Å². The van der Waals surface area contributed by atoms with Gasteiger partial charge in [0.15, 0.2) is 16.7 Å². The third kappa shape index (κ3) is 2.98. The third-order valence-corrected chi connectivity index (χ3v) is 2.94. The summed E-state index contributed by atoms with van der Waals surface area (Å²) in [5, 5.41) is 6.12. The van der Waals surface area contributed by atoms with Crippen LogP contribution in [0.3, 0.4) is 0 Å². The summed E-state index contributed by atoms with van der Waals surface area (Å²) in [4.78, 5) is 11.6. The van der Waals surface area contributed by atoms with Crippen molar-refractivity contribution in [2.24, 2.45) is 16.7 Å². The minimum absolute atomic E-state index is 0.140. The molecule has 0 fully saturated rings. The Morgan fingerprint density at radius 3 is 3.00 bits per heavy atom. The van der Waals surface area contributed by atoms with Gasteiger partial charge in [-0.25, -0.2) is 0 Å². The molecular formula is C10H12N4O3S. The molecule has 0 radical (unpaired) electrons. The van der Waals surface area contributed by atoms with Crippen LogP contribution in [0, 0.1) is 0 Å². The molecular weight excluding hydrogens is 256 g/mol. The van der Waals surface area contributed by atoms with Crippen LogP contribution in [0.25, 0.3) is 0 Å². The minimum Gasteiger partial charge on any atom is -0.454 e. The summed E-state index contributed by atoms with van der Waals surface area (Å²) >= 11 is 1.06. The number of amidine groups is 1. The topological polar surface area (TPSA) is 112 Å². The molecule has 1 aliphatic heterocycles. The predicted octanol–water partition coefficient (Wildman–Crippen LogP) is 0.275. The number of hydrogen-bond acceptors (Lipinski definition) is 6. The number of benzene rings is 1. The van der Waals surface area contributed by atoms with Gasteiger partial charge in [0.05, 0.1) is 5.75 Å². The fraction of sp³-hybridized carbons (Fsp3) is 0.200. The maximum absolute atomic E-state index is 11.6. The van der Waals surface area contributed by atoms with Crippen molar-refractivity contribution in [1.82, 2.24) is 0 Å². The Kier molecular flexibility index (Phi) is 3.78. The number of nitrogens with zero attached hydrogens (tertiary/aromatic N) is 1. The molecule has 1 aliphatic rings. The van der Waals surface area contributed by atoms with Crippen molar-refractivity contribution in [1.29, 1.82) is 0 Å². The molecule has 1 heterocycles. The van der Waals surface area contributed by atoms with Crippen molar-refractivity contribution in [3.63, 3.8) is 0 Å². The first kappa shape index (κ1) is 12.4. The highest BCUT2D eigenvalue weighted by Crippen LogP contribution is 2.34. The van der Waals surface area contributed by atoms with E-state index in [1.165, 1.54) is 0 Å². The summed E-state index contributed by atoms with van der Waals surface area (Å²) in [5.74, 6) is 6.17. The van der Waals surface area contributed by atoms with Crippen molar-refractivity contribution in [2.45, 2.75) is 0 Å². The Hall–Kier alpha value is -2.09. The molecule has 0 saturated carbocycles. The number of nitrogens with one attached hydrogen (secondary N) is 1. The maximum Gasteiger partial charge on any atom is 0.234 e. The van der Waals surface area contributed by atoms with Crippen LogP contribution in [-0.4, -0.2) is 23.6 Å². The number of rotatable bonds is 3. The molecule has 2 rings (SSSR count). The zero-order valence-corrected chi connectivity index (χ0v) is 10.2. The van der Waals surface area contributed by atoms with Crippen LogP contribution < -0.4 is 26.4 Å². The number of fused-ring (bicyclic) bond motifs is 1. The van der Waals surface area contributed by atoms with Crippen LogP contribution >= 0.6 is 11.8 Å². The van der Waals surface area contributed by atoms with Crippen LogP contribution in [0.5, 0.6) is 11.5 Å². The van der Waals surface area contributed by atoms with E-state index in [0.717, 1.165) is 11.8 Å². The summed E-state index contributed by atoms with van der Waals surface area (Å²) in [6, 6.07) is 5.17. The molecule has 0 bridgehead atoms. The van der Waals surface area contributed by atoms with Gasteiger partial charge in [0, 0.05) is 11.8 Å². The molecule has 1 aromatic carbocycles. The molecule has 0 aromatic heterocycles. The molecule has 1 amide bonds. The monoisotopic (exact) mass is 268 g/mol. The number of anilines is 1. The smallest absolute Gasteiger partial charge is 0.234 e. The first-order chi connectivity index (χ1) is 8.69. The number of nitrogens with two attached hydrogens (primary N) is 2. The zero-order chi connectivity index (χ0) is 13.0. The number of hydrazone groups is 1. The second-order valence-corrected chi connectivity index (χ2v) is 4.37. The van der Waals surface area contributed by atoms with Crippen LogP contribution in [-0.2, 0) is 4.79 Å². The minimum atomic E-state index is -0.203. The number of carbonyl (C=O) groups is 1. The molecule has 7 nitrogen and oxygen atoms in total. The van der Waals surface area contributed by atoms with E-state index in [0.29, 0.717) is 17.2 Å². The van der Waals surface area contributed by atoms with Gasteiger partial charge in [-0.2, -0.15) is 5.10 Å². The average molecular weight is 268 g/mol. The molecule has 5 N–H and O–H groups in total. The third-order valence-electron chi connectivity index (χ3n) is 2.13. The van der Waals surface area contributed by atoms with E-state index in [-0.39, 0.29) is 23.6 Å². The highest BCUT2D eigenvalue weighted by molar-refractivity contribution is 8.14. The van der Waals surface area contributed by atoms with Gasteiger partial charge >= 0.3 is 0 Å². The normalized spacial score (nSPS) is 13.4. The first-order valence-corrected chi connectivity index (χ1v) is 6.03. The van der Waals surface area contributed by atoms with E-state index in [2.05, 4.69) is 10.4 Å². The summed E-state index contributed by atoms with van der Waals surface area (Å²) in [5.41, 5.74) is 5.99. The molecule has 0 saturated heterocycles. The van der Waals surface area contributed by atoms with Crippen molar-refractivity contribution in [3.8, 4) is 11.5 Å². The summed E-state index contributed by atoms with van der Waals surface area (Å²) < 4.78 is 10.4. The largest absolute Gasteiger partial charge is 0.454 e. The standard InChI is InChI=1S/C10H12N4O3S/c11-10(14-12)18-4-9(15)13-6-1-2-7-8(3-6)17-5-16-7/h1-3H,4-5,12H2,(H2,11,14)(H,13,15). The summed E-state index contributed by atoms with van der Waals surface area (Å²) in [6.45, 7) is 0.200. The maximum atomic E-state index is 11.6. The fourth-order valence-corrected chi connectivity index (χ4v) is 1.77. The second-order valence-electron chi connectivity index (χ2n) is 3.37. The molecule has 8 heteroatoms. The Bertz CT molecular complexity index is 492. The van der Waals surface area contributed by atoms with Crippen LogP contribution in [0.15, 0.2) is 23.3 Å². The van der Waals surface area contributed by atoms with Gasteiger partial charge in [-0.15, -0.1) is 0 Å². The first-order valence-electron chi connectivity index (χ1n) is 5.04. The second kappa shape index (κ2) is 5.50. The Morgan fingerprint density at radius 1 is 1.44 bits per heavy atom. The number of amides is 1. The lowest BCUT2D eigenvalue weighted by Crippen LogP contribution is -2.18.